The fraction of sp³-hybridized carbons (Fsp3) is 0.625. The Morgan fingerprint density at radius 3 is 2.25 bits per heavy atom. The number of hydrogen-bond acceptors (Lipinski definition) is 3. The van der Waals surface area contributed by atoms with E-state index in [0.29, 0.717) is 0 Å². The lowest BCUT2D eigenvalue weighted by molar-refractivity contribution is 0.304. The van der Waals surface area contributed by atoms with Crippen molar-refractivity contribution in [3.05, 3.63) is 33.6 Å². The summed E-state index contributed by atoms with van der Waals surface area (Å²) in [7, 11) is 0. The summed E-state index contributed by atoms with van der Waals surface area (Å²) in [5, 5.41) is 2.31. The fourth-order valence-corrected chi connectivity index (χ4v) is 6.10. The Morgan fingerprint density at radius 2 is 1.54 bits per heavy atom. The van der Waals surface area contributed by atoms with Gasteiger partial charge in [0.1, 0.15) is 18.8 Å². The van der Waals surface area contributed by atoms with Crippen LogP contribution in [0.25, 0.3) is 10.4 Å². The minimum atomic E-state index is 0.842. The molecule has 1 fully saturated rings. The van der Waals surface area contributed by atoms with E-state index in [1.807, 2.05) is 22.7 Å². The molecule has 0 spiro atoms. The first-order valence-electron chi connectivity index (χ1n) is 11.3. The zero-order valence-corrected chi connectivity index (χ0v) is 19.1. The third kappa shape index (κ3) is 7.04. The molecule has 4 heteroatoms. The quantitative estimate of drug-likeness (QED) is 0.284. The third-order valence-electron chi connectivity index (χ3n) is 5.48. The molecule has 0 aliphatic carbocycles. The highest BCUT2D eigenvalue weighted by Gasteiger charge is 2.14. The van der Waals surface area contributed by atoms with Crippen molar-refractivity contribution in [1.82, 2.24) is 4.58 Å². The highest BCUT2D eigenvalue weighted by atomic mass is 32.2. The van der Waals surface area contributed by atoms with Crippen LogP contribution in [0.4, 0.5) is 0 Å². The monoisotopic (exact) mass is 418 g/mol. The zero-order valence-electron chi connectivity index (χ0n) is 17.5. The van der Waals surface area contributed by atoms with Crippen LogP contribution in [0.1, 0.15) is 77.6 Å². The Labute approximate surface area is 178 Å². The molecule has 0 unspecified atom stereocenters. The summed E-state index contributed by atoms with van der Waals surface area (Å²) in [5.41, 5.74) is 1.31. The van der Waals surface area contributed by atoms with Gasteiger partial charge in [0.25, 0.3) is 0 Å². The molecule has 28 heavy (non-hydrogen) atoms. The minimum absolute atomic E-state index is 0.842. The number of piperidine rings is 1. The van der Waals surface area contributed by atoms with E-state index < -0.39 is 0 Å². The summed E-state index contributed by atoms with van der Waals surface area (Å²) >= 11 is 3.83. The van der Waals surface area contributed by atoms with Crippen LogP contribution in [-0.4, -0.2) is 19.7 Å². The van der Waals surface area contributed by atoms with Gasteiger partial charge in [-0.05, 0) is 42.7 Å². The van der Waals surface area contributed by atoms with Gasteiger partial charge in [-0.1, -0.05) is 74.5 Å². The second-order valence-corrected chi connectivity index (χ2v) is 10.0. The van der Waals surface area contributed by atoms with E-state index in [1.165, 1.54) is 98.1 Å². The summed E-state index contributed by atoms with van der Waals surface area (Å²) < 4.78 is 9.96. The first-order valence-corrected chi connectivity index (χ1v) is 13.0. The molecule has 0 saturated carbocycles. The van der Waals surface area contributed by atoms with Crippen molar-refractivity contribution in [3.63, 3.8) is 0 Å². The molecular weight excluding hydrogens is 382 g/mol. The van der Waals surface area contributed by atoms with Gasteiger partial charge in [0.2, 0.25) is 0 Å². The van der Waals surface area contributed by atoms with Gasteiger partial charge in [-0.15, -0.1) is 0 Å². The van der Waals surface area contributed by atoms with Gasteiger partial charge in [0.05, 0.1) is 11.5 Å². The molecule has 2 aromatic rings. The average molecular weight is 419 g/mol. The van der Waals surface area contributed by atoms with E-state index in [0.717, 1.165) is 12.4 Å². The van der Waals surface area contributed by atoms with Crippen molar-refractivity contribution in [2.45, 2.75) is 77.6 Å². The van der Waals surface area contributed by atoms with E-state index in [4.69, 9.17) is 4.74 Å². The smallest absolute Gasteiger partial charge is 0.314 e. The van der Waals surface area contributed by atoms with Crippen LogP contribution >= 0.6 is 22.7 Å². The van der Waals surface area contributed by atoms with Crippen LogP contribution in [0, 0.1) is 0 Å². The Kier molecular flexibility index (Phi) is 9.58. The Balaban J connectivity index is 1.40. The van der Waals surface area contributed by atoms with Crippen LogP contribution < -0.4 is 13.3 Å². The highest BCUT2D eigenvalue weighted by Crippen LogP contribution is 2.26. The SMILES string of the molecule is CCCCCCCCCCOc1ccc(-c2csc(=[N+]3CCCCC3)s2)cc1. The summed E-state index contributed by atoms with van der Waals surface area (Å²) in [6.07, 6.45) is 14.8. The lowest BCUT2D eigenvalue weighted by Gasteiger charge is -2.07. The normalized spacial score (nSPS) is 14.4. The lowest BCUT2D eigenvalue weighted by Crippen LogP contribution is -2.31. The molecule has 1 aromatic heterocycles. The van der Waals surface area contributed by atoms with Crippen molar-refractivity contribution in [2.24, 2.45) is 0 Å². The maximum absolute atomic E-state index is 5.94. The van der Waals surface area contributed by atoms with Gasteiger partial charge in [-0.25, -0.2) is 4.58 Å². The molecule has 1 aromatic carbocycles. The molecule has 1 saturated heterocycles. The maximum atomic E-state index is 5.94. The topological polar surface area (TPSA) is 12.2 Å². The molecule has 0 amide bonds. The van der Waals surface area contributed by atoms with E-state index in [2.05, 4.69) is 41.1 Å². The Hall–Kier alpha value is -1.13. The van der Waals surface area contributed by atoms with Gasteiger partial charge in [-0.2, -0.15) is 0 Å². The number of ether oxygens (including phenoxy) is 1. The number of unbranched alkanes of at least 4 members (excludes halogenated alkanes) is 7. The van der Waals surface area contributed by atoms with Crippen LogP contribution in [0.3, 0.4) is 0 Å². The summed E-state index contributed by atoms with van der Waals surface area (Å²) in [5.74, 6) is 1.00. The van der Waals surface area contributed by atoms with E-state index in [1.54, 1.807) is 0 Å². The Bertz CT molecular complexity index is 736. The predicted octanol–water partition coefficient (Wildman–Crippen LogP) is 6.95. The number of hydrogen-bond donors (Lipinski definition) is 0. The molecule has 2 heterocycles. The molecule has 1 aliphatic heterocycles. The zero-order chi connectivity index (χ0) is 19.4. The molecule has 3 rings (SSSR count). The Morgan fingerprint density at radius 1 is 0.857 bits per heavy atom. The first-order chi connectivity index (χ1) is 13.9. The average Bonchev–Trinajstić information content (AvgIpc) is 3.24. The second-order valence-electron chi connectivity index (χ2n) is 7.86. The molecule has 2 nitrogen and oxygen atoms in total. The van der Waals surface area contributed by atoms with Crippen LogP contribution in [0.2, 0.25) is 0 Å². The lowest BCUT2D eigenvalue weighted by atomic mass is 10.1. The standard InChI is InChI=1S/C24H36NOS2/c1-2-3-4-5-6-7-8-12-19-26-22-15-13-21(14-16-22)23-20-27-24(28-23)25-17-10-9-11-18-25/h13-16,20H,2-12,17-19H2,1H3/q+1. The van der Waals surface area contributed by atoms with Crippen molar-refractivity contribution in [3.8, 4) is 16.2 Å². The summed E-state index contributed by atoms with van der Waals surface area (Å²) in [6.45, 7) is 5.57. The highest BCUT2D eigenvalue weighted by molar-refractivity contribution is 7.28. The maximum Gasteiger partial charge on any atom is 0.314 e. The first kappa shape index (κ1) is 21.6. The molecule has 0 atom stereocenters. The van der Waals surface area contributed by atoms with Crippen molar-refractivity contribution in [1.29, 1.82) is 0 Å². The summed E-state index contributed by atoms with van der Waals surface area (Å²) in [6, 6.07) is 8.68. The molecular formula is C24H36NOS2+. The van der Waals surface area contributed by atoms with Gasteiger partial charge in [0, 0.05) is 18.2 Å². The number of benzene rings is 1. The van der Waals surface area contributed by atoms with E-state index >= 15 is 0 Å². The van der Waals surface area contributed by atoms with Crippen molar-refractivity contribution in [2.75, 3.05) is 19.7 Å². The van der Waals surface area contributed by atoms with Crippen LogP contribution in [0.5, 0.6) is 5.75 Å². The number of rotatable bonds is 11. The molecule has 0 N–H and O–H groups in total. The minimum Gasteiger partial charge on any atom is -0.494 e. The van der Waals surface area contributed by atoms with Crippen LogP contribution in [0.15, 0.2) is 29.6 Å². The van der Waals surface area contributed by atoms with E-state index in [-0.39, 0.29) is 0 Å². The fourth-order valence-electron chi connectivity index (χ4n) is 3.73. The summed E-state index contributed by atoms with van der Waals surface area (Å²) in [4.78, 5) is 1.38. The van der Waals surface area contributed by atoms with Gasteiger partial charge < -0.3 is 4.74 Å². The third-order valence-corrected chi connectivity index (χ3v) is 7.99. The molecule has 0 radical (unpaired) electrons. The molecule has 0 bridgehead atoms. The van der Waals surface area contributed by atoms with Crippen molar-refractivity contribution >= 4 is 22.7 Å². The van der Waals surface area contributed by atoms with Gasteiger partial charge >= 0.3 is 3.98 Å². The van der Waals surface area contributed by atoms with Gasteiger partial charge in [0.15, 0.2) is 0 Å². The van der Waals surface area contributed by atoms with Gasteiger partial charge in [-0.3, -0.25) is 0 Å². The van der Waals surface area contributed by atoms with Crippen molar-refractivity contribution < 1.29 is 4.74 Å². The van der Waals surface area contributed by atoms with Crippen LogP contribution in [-0.2, 0) is 0 Å². The molecule has 1 aliphatic rings. The molecule has 154 valence electrons. The second kappa shape index (κ2) is 12.4. The van der Waals surface area contributed by atoms with E-state index in [9.17, 15) is 0 Å². The number of nitrogens with zero attached hydrogens (tertiary/aromatic N) is 1. The predicted molar refractivity (Wildman–Crippen MR) is 125 cm³/mol. The largest absolute Gasteiger partial charge is 0.494 e.